The first-order valence-electron chi connectivity index (χ1n) is 5.02. The van der Waals surface area contributed by atoms with E-state index in [0.717, 1.165) is 0 Å². The lowest BCUT2D eigenvalue weighted by Gasteiger charge is -2.17. The van der Waals surface area contributed by atoms with Crippen LogP contribution in [0.3, 0.4) is 0 Å². The fourth-order valence-electron chi connectivity index (χ4n) is 1.17. The highest BCUT2D eigenvalue weighted by Gasteiger charge is 2.20. The summed E-state index contributed by atoms with van der Waals surface area (Å²) in [4.78, 5) is 22.5. The molecule has 0 unspecified atom stereocenters. The van der Waals surface area contributed by atoms with Gasteiger partial charge in [0.25, 0.3) is 0 Å². The number of esters is 1. The molecule has 0 spiro atoms. The minimum atomic E-state index is -0.652. The summed E-state index contributed by atoms with van der Waals surface area (Å²) in [7, 11) is 1.28. The smallest absolute Gasteiger partial charge is 0.328 e. The fourth-order valence-corrected chi connectivity index (χ4v) is 1.17. The van der Waals surface area contributed by atoms with Gasteiger partial charge in [0.2, 0.25) is 5.91 Å². The highest BCUT2D eigenvalue weighted by atomic mass is 16.5. The molecule has 3 N–H and O–H groups in total. The molecule has 0 aliphatic carbocycles. The molecule has 5 nitrogen and oxygen atoms in total. The number of nitrogens with one attached hydrogen (secondary N) is 1. The molecule has 88 valence electrons. The molecule has 0 heterocycles. The zero-order chi connectivity index (χ0) is 12.0. The third kappa shape index (κ3) is 5.37. The van der Waals surface area contributed by atoms with Crippen LogP contribution < -0.4 is 11.1 Å². The molecule has 1 amide bonds. The van der Waals surface area contributed by atoms with Gasteiger partial charge in [-0.3, -0.25) is 4.79 Å². The van der Waals surface area contributed by atoms with Gasteiger partial charge in [-0.15, -0.1) is 0 Å². The number of ether oxygens (including phenoxy) is 1. The summed E-state index contributed by atoms with van der Waals surface area (Å²) in [6.45, 7) is 5.53. The molecule has 15 heavy (non-hydrogen) atoms. The maximum atomic E-state index is 11.5. The van der Waals surface area contributed by atoms with E-state index in [1.807, 2.05) is 13.8 Å². The molecule has 0 aliphatic rings. The Bertz CT molecular complexity index is 229. The molecule has 0 rings (SSSR count). The molecule has 2 atom stereocenters. The molecule has 5 heteroatoms. The Morgan fingerprint density at radius 2 is 1.87 bits per heavy atom. The summed E-state index contributed by atoms with van der Waals surface area (Å²) in [5.74, 6) is -0.444. The Morgan fingerprint density at radius 3 is 2.27 bits per heavy atom. The zero-order valence-corrected chi connectivity index (χ0v) is 9.74. The molecule has 0 radical (unpaired) electrons. The SMILES string of the molecule is COC(=O)[C@H](C)NC(=O)[C@H](N)CC(C)C. The van der Waals surface area contributed by atoms with Crippen LogP contribution in [-0.2, 0) is 14.3 Å². The van der Waals surface area contributed by atoms with E-state index in [4.69, 9.17) is 5.73 Å². The quantitative estimate of drug-likeness (QED) is 0.636. The lowest BCUT2D eigenvalue weighted by atomic mass is 10.0. The third-order valence-electron chi connectivity index (χ3n) is 1.98. The van der Waals surface area contributed by atoms with Gasteiger partial charge in [0.05, 0.1) is 13.2 Å². The number of amides is 1. The van der Waals surface area contributed by atoms with Gasteiger partial charge in [-0.2, -0.15) is 0 Å². The molecule has 0 aromatic heterocycles. The van der Waals surface area contributed by atoms with Gasteiger partial charge in [-0.1, -0.05) is 13.8 Å². The Balaban J connectivity index is 4.07. The molecule has 0 aromatic carbocycles. The lowest BCUT2D eigenvalue weighted by molar-refractivity contribution is -0.144. The normalized spacial score (nSPS) is 14.5. The van der Waals surface area contributed by atoms with Crippen LogP contribution in [0.25, 0.3) is 0 Å². The minimum Gasteiger partial charge on any atom is -0.467 e. The van der Waals surface area contributed by atoms with Crippen molar-refractivity contribution in [3.63, 3.8) is 0 Å². The summed E-state index contributed by atoms with van der Waals surface area (Å²) in [6, 6.07) is -1.22. The maximum Gasteiger partial charge on any atom is 0.328 e. The van der Waals surface area contributed by atoms with Crippen LogP contribution in [0.15, 0.2) is 0 Å². The number of carbonyl (C=O) groups excluding carboxylic acids is 2. The predicted molar refractivity (Wildman–Crippen MR) is 57.1 cm³/mol. The topological polar surface area (TPSA) is 81.4 Å². The standard InChI is InChI=1S/C10H20N2O3/c1-6(2)5-8(11)9(13)12-7(3)10(14)15-4/h6-8H,5,11H2,1-4H3,(H,12,13)/t7-,8+/m0/s1. The summed E-state index contributed by atoms with van der Waals surface area (Å²) in [6.07, 6.45) is 0.597. The Hall–Kier alpha value is -1.10. The molecule has 0 bridgehead atoms. The van der Waals surface area contributed by atoms with Crippen molar-refractivity contribution < 1.29 is 14.3 Å². The summed E-state index contributed by atoms with van der Waals surface area (Å²) < 4.78 is 4.48. The van der Waals surface area contributed by atoms with Crippen molar-refractivity contribution >= 4 is 11.9 Å². The van der Waals surface area contributed by atoms with Gasteiger partial charge in [-0.25, -0.2) is 4.79 Å². The number of hydrogen-bond donors (Lipinski definition) is 2. The van der Waals surface area contributed by atoms with E-state index in [1.165, 1.54) is 7.11 Å². The number of hydrogen-bond acceptors (Lipinski definition) is 4. The summed E-state index contributed by atoms with van der Waals surface area (Å²) >= 11 is 0. The molecular formula is C10H20N2O3. The summed E-state index contributed by atoms with van der Waals surface area (Å²) in [5, 5.41) is 2.50. The van der Waals surface area contributed by atoms with Gasteiger partial charge in [0, 0.05) is 0 Å². The Morgan fingerprint density at radius 1 is 1.33 bits per heavy atom. The fraction of sp³-hybridized carbons (Fsp3) is 0.800. The van der Waals surface area contributed by atoms with Gasteiger partial charge < -0.3 is 15.8 Å². The van der Waals surface area contributed by atoms with E-state index >= 15 is 0 Å². The van der Waals surface area contributed by atoms with Crippen LogP contribution in [0, 0.1) is 5.92 Å². The summed E-state index contributed by atoms with van der Waals surface area (Å²) in [5.41, 5.74) is 5.64. The van der Waals surface area contributed by atoms with Gasteiger partial charge in [-0.05, 0) is 19.3 Å². The van der Waals surface area contributed by atoms with Gasteiger partial charge >= 0.3 is 5.97 Å². The van der Waals surface area contributed by atoms with Crippen molar-refractivity contribution in [3.05, 3.63) is 0 Å². The highest BCUT2D eigenvalue weighted by molar-refractivity contribution is 5.87. The van der Waals surface area contributed by atoms with Crippen LogP contribution in [0.2, 0.25) is 0 Å². The van der Waals surface area contributed by atoms with E-state index in [9.17, 15) is 9.59 Å². The molecule has 0 aromatic rings. The third-order valence-corrected chi connectivity index (χ3v) is 1.98. The molecular weight excluding hydrogens is 196 g/mol. The van der Waals surface area contributed by atoms with Crippen LogP contribution in [-0.4, -0.2) is 31.1 Å². The van der Waals surface area contributed by atoms with E-state index in [0.29, 0.717) is 12.3 Å². The van der Waals surface area contributed by atoms with Crippen molar-refractivity contribution in [2.24, 2.45) is 11.7 Å². The van der Waals surface area contributed by atoms with Crippen LogP contribution >= 0.6 is 0 Å². The van der Waals surface area contributed by atoms with Crippen LogP contribution in [0.5, 0.6) is 0 Å². The van der Waals surface area contributed by atoms with Crippen molar-refractivity contribution in [1.82, 2.24) is 5.32 Å². The highest BCUT2D eigenvalue weighted by Crippen LogP contribution is 2.02. The van der Waals surface area contributed by atoms with E-state index in [1.54, 1.807) is 6.92 Å². The van der Waals surface area contributed by atoms with Crippen molar-refractivity contribution in [3.8, 4) is 0 Å². The Labute approximate surface area is 90.4 Å². The Kier molecular flexibility index (Phi) is 5.93. The predicted octanol–water partition coefficient (Wildman–Crippen LogP) is 0.0375. The maximum absolute atomic E-state index is 11.5. The van der Waals surface area contributed by atoms with E-state index < -0.39 is 18.1 Å². The average Bonchev–Trinajstić information content (AvgIpc) is 2.15. The number of carbonyl (C=O) groups is 2. The molecule has 0 saturated carbocycles. The number of methoxy groups -OCH3 is 1. The first kappa shape index (κ1) is 13.9. The first-order valence-corrected chi connectivity index (χ1v) is 5.02. The second-order valence-corrected chi connectivity index (χ2v) is 3.99. The number of nitrogens with two attached hydrogens (primary N) is 1. The largest absolute Gasteiger partial charge is 0.467 e. The number of rotatable bonds is 5. The van der Waals surface area contributed by atoms with Crippen LogP contribution in [0.1, 0.15) is 27.2 Å². The molecule has 0 fully saturated rings. The monoisotopic (exact) mass is 216 g/mol. The van der Waals surface area contributed by atoms with Crippen molar-refractivity contribution in [2.45, 2.75) is 39.3 Å². The minimum absolute atomic E-state index is 0.318. The first-order chi connectivity index (χ1) is 6.88. The van der Waals surface area contributed by atoms with E-state index in [-0.39, 0.29) is 5.91 Å². The molecule has 0 aliphatic heterocycles. The van der Waals surface area contributed by atoms with E-state index in [2.05, 4.69) is 10.1 Å². The van der Waals surface area contributed by atoms with Crippen molar-refractivity contribution in [1.29, 1.82) is 0 Å². The molecule has 0 saturated heterocycles. The van der Waals surface area contributed by atoms with Gasteiger partial charge in [0.1, 0.15) is 6.04 Å². The van der Waals surface area contributed by atoms with Crippen molar-refractivity contribution in [2.75, 3.05) is 7.11 Å². The zero-order valence-electron chi connectivity index (χ0n) is 9.74. The van der Waals surface area contributed by atoms with Gasteiger partial charge in [0.15, 0.2) is 0 Å². The average molecular weight is 216 g/mol. The van der Waals surface area contributed by atoms with Crippen LogP contribution in [0.4, 0.5) is 0 Å². The second-order valence-electron chi connectivity index (χ2n) is 3.99. The lowest BCUT2D eigenvalue weighted by Crippen LogP contribution is -2.47. The second kappa shape index (κ2) is 6.40.